The first kappa shape index (κ1) is 20.9. The maximum Gasteiger partial charge on any atom is 0.416 e. The second-order valence-electron chi connectivity index (χ2n) is 5.67. The third-order valence-electron chi connectivity index (χ3n) is 3.53. The van der Waals surface area contributed by atoms with Crippen molar-refractivity contribution in [3.05, 3.63) is 59.7 Å². The zero-order valence-electron chi connectivity index (χ0n) is 14.7. The molecule has 0 spiro atoms. The fourth-order valence-corrected chi connectivity index (χ4v) is 2.06. The molecule has 2 rings (SSSR count). The van der Waals surface area contributed by atoms with Crippen LogP contribution < -0.4 is 10.1 Å². The number of aldehydes is 1. The van der Waals surface area contributed by atoms with E-state index in [1.54, 1.807) is 0 Å². The highest BCUT2D eigenvalue weighted by Crippen LogP contribution is 2.29. The number of hydrogen-bond donors (Lipinski definition) is 1. The van der Waals surface area contributed by atoms with Crippen LogP contribution in [0.4, 0.5) is 18.9 Å². The van der Waals surface area contributed by atoms with Gasteiger partial charge in [-0.25, -0.2) is 4.79 Å². The van der Waals surface area contributed by atoms with Crippen LogP contribution in [0.15, 0.2) is 48.5 Å². The van der Waals surface area contributed by atoms with Gasteiger partial charge in [-0.1, -0.05) is 0 Å². The van der Waals surface area contributed by atoms with Crippen molar-refractivity contribution in [2.24, 2.45) is 0 Å². The Morgan fingerprint density at radius 2 is 1.68 bits per heavy atom. The molecule has 0 bridgehead atoms. The summed E-state index contributed by atoms with van der Waals surface area (Å²) in [6.45, 7) is 0.856. The number of ether oxygens (including phenoxy) is 2. The van der Waals surface area contributed by atoms with Crippen LogP contribution in [0.5, 0.6) is 5.75 Å². The number of esters is 1. The highest BCUT2D eigenvalue weighted by molar-refractivity contribution is 5.95. The lowest BCUT2D eigenvalue weighted by Gasteiger charge is -2.14. The summed E-state index contributed by atoms with van der Waals surface area (Å²) in [7, 11) is 0. The predicted molar refractivity (Wildman–Crippen MR) is 93.0 cm³/mol. The van der Waals surface area contributed by atoms with Gasteiger partial charge in [-0.2, -0.15) is 13.2 Å². The van der Waals surface area contributed by atoms with Crippen molar-refractivity contribution in [3.8, 4) is 5.75 Å². The number of alkyl halides is 3. The number of halogens is 3. The smallest absolute Gasteiger partial charge is 0.416 e. The molecule has 1 unspecified atom stereocenters. The van der Waals surface area contributed by atoms with Crippen LogP contribution in [0, 0.1) is 0 Å². The molecular weight excluding hydrogens is 379 g/mol. The first-order valence-electron chi connectivity index (χ1n) is 8.04. The van der Waals surface area contributed by atoms with E-state index in [1.807, 2.05) is 0 Å². The van der Waals surface area contributed by atoms with Gasteiger partial charge in [0.2, 0.25) is 0 Å². The van der Waals surface area contributed by atoms with Crippen molar-refractivity contribution in [3.63, 3.8) is 0 Å². The van der Waals surface area contributed by atoms with E-state index < -0.39 is 36.3 Å². The van der Waals surface area contributed by atoms with Gasteiger partial charge in [0.1, 0.15) is 12.0 Å². The number of benzene rings is 2. The maximum absolute atomic E-state index is 12.5. The third kappa shape index (κ3) is 6.11. The SMILES string of the molecule is CC(OC(=O)COc1ccc(C=O)cc1)C(=O)Nc1ccc(C(F)(F)F)cc1. The highest BCUT2D eigenvalue weighted by Gasteiger charge is 2.30. The van der Waals surface area contributed by atoms with Gasteiger partial charge in [-0.3, -0.25) is 9.59 Å². The quantitative estimate of drug-likeness (QED) is 0.574. The summed E-state index contributed by atoms with van der Waals surface area (Å²) in [6.07, 6.45) is -5.00. The zero-order valence-corrected chi connectivity index (χ0v) is 14.7. The predicted octanol–water partition coefficient (Wildman–Crippen LogP) is 3.47. The fraction of sp³-hybridized carbons (Fsp3) is 0.211. The highest BCUT2D eigenvalue weighted by atomic mass is 19.4. The van der Waals surface area contributed by atoms with Gasteiger partial charge in [-0.15, -0.1) is 0 Å². The third-order valence-corrected chi connectivity index (χ3v) is 3.53. The molecule has 1 atom stereocenters. The molecule has 0 aromatic heterocycles. The second kappa shape index (κ2) is 9.03. The molecule has 2 aromatic rings. The first-order chi connectivity index (χ1) is 13.2. The summed E-state index contributed by atoms with van der Waals surface area (Å²) in [5, 5.41) is 2.35. The normalized spacial score (nSPS) is 12.0. The van der Waals surface area contributed by atoms with Crippen LogP contribution in [0.1, 0.15) is 22.8 Å². The zero-order chi connectivity index (χ0) is 20.7. The Morgan fingerprint density at radius 3 is 2.21 bits per heavy atom. The monoisotopic (exact) mass is 395 g/mol. The molecule has 0 aliphatic heterocycles. The van der Waals surface area contributed by atoms with Crippen LogP contribution in [-0.2, 0) is 20.5 Å². The van der Waals surface area contributed by atoms with Crippen molar-refractivity contribution >= 4 is 23.9 Å². The lowest BCUT2D eigenvalue weighted by molar-refractivity contribution is -0.155. The van der Waals surface area contributed by atoms with Crippen LogP contribution in [-0.4, -0.2) is 30.9 Å². The van der Waals surface area contributed by atoms with Crippen molar-refractivity contribution in [1.29, 1.82) is 0 Å². The van der Waals surface area contributed by atoms with E-state index in [4.69, 9.17) is 9.47 Å². The largest absolute Gasteiger partial charge is 0.482 e. The average molecular weight is 395 g/mol. The molecule has 0 fully saturated rings. The molecule has 2 aromatic carbocycles. The molecular formula is C19H16F3NO5. The van der Waals surface area contributed by atoms with Gasteiger partial charge in [0, 0.05) is 11.3 Å². The van der Waals surface area contributed by atoms with E-state index in [2.05, 4.69) is 5.32 Å². The lowest BCUT2D eigenvalue weighted by atomic mass is 10.2. The Morgan fingerprint density at radius 1 is 1.07 bits per heavy atom. The topological polar surface area (TPSA) is 81.7 Å². The van der Waals surface area contributed by atoms with Gasteiger partial charge in [0.15, 0.2) is 12.7 Å². The van der Waals surface area contributed by atoms with Crippen LogP contribution in [0.25, 0.3) is 0 Å². The minimum absolute atomic E-state index is 0.132. The number of rotatable bonds is 7. The number of anilines is 1. The molecule has 9 heteroatoms. The van der Waals surface area contributed by atoms with Crippen LogP contribution in [0.2, 0.25) is 0 Å². The number of hydrogen-bond acceptors (Lipinski definition) is 5. The Hall–Kier alpha value is -3.36. The van der Waals surface area contributed by atoms with Crippen LogP contribution >= 0.6 is 0 Å². The Bertz CT molecular complexity index is 832. The Kier molecular flexibility index (Phi) is 6.75. The van der Waals surface area contributed by atoms with E-state index >= 15 is 0 Å². The van der Waals surface area contributed by atoms with Crippen LogP contribution in [0.3, 0.4) is 0 Å². The number of carbonyl (C=O) groups excluding carboxylic acids is 3. The molecule has 1 N–H and O–H groups in total. The molecule has 1 amide bonds. The number of carbonyl (C=O) groups is 3. The Labute approximate surface area is 158 Å². The summed E-state index contributed by atoms with van der Waals surface area (Å²) in [5.41, 5.74) is -0.265. The van der Waals surface area contributed by atoms with E-state index in [-0.39, 0.29) is 5.69 Å². The molecule has 148 valence electrons. The number of nitrogens with one attached hydrogen (secondary N) is 1. The lowest BCUT2D eigenvalue weighted by Crippen LogP contribution is -2.31. The van der Waals surface area contributed by atoms with Crippen molar-refractivity contribution in [2.75, 3.05) is 11.9 Å². The fourth-order valence-electron chi connectivity index (χ4n) is 2.06. The summed E-state index contributed by atoms with van der Waals surface area (Å²) >= 11 is 0. The summed E-state index contributed by atoms with van der Waals surface area (Å²) in [6, 6.07) is 9.87. The molecule has 0 aliphatic carbocycles. The van der Waals surface area contributed by atoms with Gasteiger partial charge in [0.25, 0.3) is 5.91 Å². The van der Waals surface area contributed by atoms with Gasteiger partial charge in [-0.05, 0) is 55.5 Å². The summed E-state index contributed by atoms with van der Waals surface area (Å²) in [4.78, 5) is 34.3. The molecule has 0 radical (unpaired) electrons. The number of amides is 1. The van der Waals surface area contributed by atoms with E-state index in [0.29, 0.717) is 17.6 Å². The standard InChI is InChI=1S/C19H16F3NO5/c1-12(18(26)23-15-6-4-14(5-7-15)19(20,21)22)28-17(25)11-27-16-8-2-13(10-24)3-9-16/h2-10,12H,11H2,1H3,(H,23,26). The van der Waals surface area contributed by atoms with Crippen molar-refractivity contribution in [1.82, 2.24) is 0 Å². The molecule has 28 heavy (non-hydrogen) atoms. The second-order valence-corrected chi connectivity index (χ2v) is 5.67. The van der Waals surface area contributed by atoms with E-state index in [9.17, 15) is 27.6 Å². The van der Waals surface area contributed by atoms with Gasteiger partial charge < -0.3 is 14.8 Å². The summed E-state index contributed by atoms with van der Waals surface area (Å²) < 4.78 is 47.6. The molecule has 0 saturated heterocycles. The minimum Gasteiger partial charge on any atom is -0.482 e. The van der Waals surface area contributed by atoms with Crippen molar-refractivity contribution in [2.45, 2.75) is 19.2 Å². The molecule has 6 nitrogen and oxygen atoms in total. The first-order valence-corrected chi connectivity index (χ1v) is 8.04. The average Bonchev–Trinajstić information content (AvgIpc) is 2.66. The van der Waals surface area contributed by atoms with Gasteiger partial charge in [0.05, 0.1) is 5.56 Å². The van der Waals surface area contributed by atoms with E-state index in [1.165, 1.54) is 31.2 Å². The maximum atomic E-state index is 12.5. The molecule has 0 heterocycles. The summed E-state index contributed by atoms with van der Waals surface area (Å²) in [5.74, 6) is -1.18. The Balaban J connectivity index is 1.82. The van der Waals surface area contributed by atoms with Gasteiger partial charge >= 0.3 is 12.1 Å². The van der Waals surface area contributed by atoms with Crippen molar-refractivity contribution < 1.29 is 37.0 Å². The van der Waals surface area contributed by atoms with E-state index in [0.717, 1.165) is 24.3 Å². The molecule has 0 saturated carbocycles. The molecule has 0 aliphatic rings. The minimum atomic E-state index is -4.47.